The van der Waals surface area contributed by atoms with Crippen LogP contribution in [-0.2, 0) is 24.6 Å². The average molecular weight is 383 g/mol. The van der Waals surface area contributed by atoms with Crippen LogP contribution in [0.1, 0.15) is 33.3 Å². The maximum absolute atomic E-state index is 13.3. The van der Waals surface area contributed by atoms with E-state index < -0.39 is 39.2 Å². The molecule has 1 unspecified atom stereocenters. The predicted molar refractivity (Wildman–Crippen MR) is 85.6 cm³/mol. The largest absolute Gasteiger partial charge is 0.444 e. The third-order valence-electron chi connectivity index (χ3n) is 2.94. The van der Waals surface area contributed by atoms with E-state index in [-0.39, 0.29) is 5.69 Å². The van der Waals surface area contributed by atoms with Crippen LogP contribution in [0.25, 0.3) is 0 Å². The average Bonchev–Trinajstić information content (AvgIpc) is 2.33. The van der Waals surface area contributed by atoms with Gasteiger partial charge in [0.2, 0.25) is 5.60 Å². The first-order chi connectivity index (χ1) is 11.0. The standard InChI is InChI=1S/C15H20F3NO5S/c1-13(2,3)23-12(20)19-11-8-6-10(7-9-11)14(4,15(16,17)18)24-25(5,21)22/h6-9H,1-5H3,(H,19,20). The molecule has 142 valence electrons. The van der Waals surface area contributed by atoms with E-state index in [1.807, 2.05) is 0 Å². The molecule has 0 aliphatic rings. The minimum Gasteiger partial charge on any atom is -0.444 e. The van der Waals surface area contributed by atoms with Gasteiger partial charge in [-0.2, -0.15) is 21.6 Å². The molecule has 0 saturated heterocycles. The van der Waals surface area contributed by atoms with Crippen molar-refractivity contribution in [2.75, 3.05) is 11.6 Å². The van der Waals surface area contributed by atoms with Crippen LogP contribution in [0, 0.1) is 0 Å². The van der Waals surface area contributed by atoms with Crippen LogP contribution in [0.2, 0.25) is 0 Å². The van der Waals surface area contributed by atoms with Gasteiger partial charge in [-0.1, -0.05) is 12.1 Å². The maximum Gasteiger partial charge on any atom is 0.422 e. The fourth-order valence-corrected chi connectivity index (χ4v) is 2.65. The Bertz CT molecular complexity index is 723. The number of carbonyl (C=O) groups excluding carboxylic acids is 1. The second kappa shape index (κ2) is 6.83. The quantitative estimate of drug-likeness (QED) is 0.800. The Morgan fingerprint density at radius 2 is 1.52 bits per heavy atom. The molecule has 0 saturated carbocycles. The number of halogens is 3. The summed E-state index contributed by atoms with van der Waals surface area (Å²) in [5.74, 6) is 0. The summed E-state index contributed by atoms with van der Waals surface area (Å²) < 4.78 is 71.8. The topological polar surface area (TPSA) is 81.7 Å². The van der Waals surface area contributed by atoms with Crippen molar-refractivity contribution in [2.45, 2.75) is 45.1 Å². The number of nitrogens with one attached hydrogen (secondary N) is 1. The van der Waals surface area contributed by atoms with Crippen LogP contribution in [-0.4, -0.2) is 32.5 Å². The summed E-state index contributed by atoms with van der Waals surface area (Å²) in [4.78, 5) is 11.6. The minimum atomic E-state index is -4.98. The lowest BCUT2D eigenvalue weighted by atomic mass is 9.95. The van der Waals surface area contributed by atoms with E-state index >= 15 is 0 Å². The molecule has 1 amide bonds. The van der Waals surface area contributed by atoms with Gasteiger partial charge < -0.3 is 4.74 Å². The first-order valence-corrected chi connectivity index (χ1v) is 8.93. The highest BCUT2D eigenvalue weighted by Gasteiger charge is 2.56. The molecule has 1 rings (SSSR count). The number of ether oxygens (including phenoxy) is 1. The Balaban J connectivity index is 3.08. The van der Waals surface area contributed by atoms with Crippen LogP contribution in [0.5, 0.6) is 0 Å². The summed E-state index contributed by atoms with van der Waals surface area (Å²) in [5.41, 5.74) is -4.03. The fraction of sp³-hybridized carbons (Fsp3) is 0.533. The van der Waals surface area contributed by atoms with Gasteiger partial charge in [0.05, 0.1) is 6.26 Å². The van der Waals surface area contributed by atoms with Gasteiger partial charge >= 0.3 is 12.3 Å². The summed E-state index contributed by atoms with van der Waals surface area (Å²) in [6, 6.07) is 4.42. The first kappa shape index (κ1) is 21.2. The minimum absolute atomic E-state index is 0.182. The lowest BCUT2D eigenvalue weighted by molar-refractivity contribution is -0.246. The molecule has 1 atom stereocenters. The molecule has 0 heterocycles. The van der Waals surface area contributed by atoms with Crippen molar-refractivity contribution in [2.24, 2.45) is 0 Å². The second-order valence-corrected chi connectivity index (χ2v) is 8.10. The van der Waals surface area contributed by atoms with Crippen molar-refractivity contribution in [3.8, 4) is 0 Å². The van der Waals surface area contributed by atoms with Crippen LogP contribution in [0.4, 0.5) is 23.7 Å². The molecule has 1 N–H and O–H groups in total. The Hall–Kier alpha value is -1.81. The zero-order valence-electron chi connectivity index (χ0n) is 14.4. The van der Waals surface area contributed by atoms with Crippen molar-refractivity contribution in [3.05, 3.63) is 29.8 Å². The molecule has 25 heavy (non-hydrogen) atoms. The third-order valence-corrected chi connectivity index (χ3v) is 3.58. The van der Waals surface area contributed by atoms with Gasteiger partial charge in [-0.15, -0.1) is 0 Å². The van der Waals surface area contributed by atoms with Crippen molar-refractivity contribution in [1.29, 1.82) is 0 Å². The molecule has 0 aromatic heterocycles. The fourth-order valence-electron chi connectivity index (χ4n) is 1.85. The summed E-state index contributed by atoms with van der Waals surface area (Å²) in [5, 5.41) is 2.36. The number of alkyl halides is 3. The zero-order chi connectivity index (χ0) is 19.7. The predicted octanol–water partition coefficient (Wildman–Crippen LogP) is 3.79. The highest BCUT2D eigenvalue weighted by atomic mass is 32.2. The molecule has 0 bridgehead atoms. The highest BCUT2D eigenvalue weighted by Crippen LogP contribution is 2.43. The van der Waals surface area contributed by atoms with Gasteiger partial charge in [0.1, 0.15) is 5.60 Å². The van der Waals surface area contributed by atoms with Crippen molar-refractivity contribution in [3.63, 3.8) is 0 Å². The maximum atomic E-state index is 13.3. The van der Waals surface area contributed by atoms with Gasteiger partial charge in [0, 0.05) is 5.69 Å². The molecule has 0 radical (unpaired) electrons. The summed E-state index contributed by atoms with van der Waals surface area (Å²) >= 11 is 0. The van der Waals surface area contributed by atoms with E-state index in [1.54, 1.807) is 20.8 Å². The SMILES string of the molecule is CC(C)(C)OC(=O)Nc1ccc(C(C)(OS(C)(=O)=O)C(F)(F)F)cc1. The Kier molecular flexibility index (Phi) is 5.80. The third kappa shape index (κ3) is 6.20. The lowest BCUT2D eigenvalue weighted by Crippen LogP contribution is -2.43. The highest BCUT2D eigenvalue weighted by molar-refractivity contribution is 7.86. The van der Waals surface area contributed by atoms with E-state index in [4.69, 9.17) is 4.74 Å². The number of carbonyl (C=O) groups is 1. The molecule has 0 fully saturated rings. The number of anilines is 1. The zero-order valence-corrected chi connectivity index (χ0v) is 15.2. The summed E-state index contributed by atoms with van der Waals surface area (Å²) in [6.45, 7) is 5.59. The van der Waals surface area contributed by atoms with Crippen LogP contribution in [0.3, 0.4) is 0 Å². The molecule has 0 aliphatic carbocycles. The van der Waals surface area contributed by atoms with E-state index in [0.29, 0.717) is 13.2 Å². The molecule has 6 nitrogen and oxygen atoms in total. The van der Waals surface area contributed by atoms with E-state index in [9.17, 15) is 26.4 Å². The number of benzene rings is 1. The molecule has 1 aromatic rings. The second-order valence-electron chi connectivity index (χ2n) is 6.52. The number of rotatable bonds is 4. The van der Waals surface area contributed by atoms with Crippen LogP contribution < -0.4 is 5.32 Å². The molecular weight excluding hydrogens is 363 g/mol. The number of amides is 1. The van der Waals surface area contributed by atoms with Crippen molar-refractivity contribution >= 4 is 21.9 Å². The summed E-state index contributed by atoms with van der Waals surface area (Å²) in [6.07, 6.45) is -5.21. The smallest absolute Gasteiger partial charge is 0.422 e. The first-order valence-electron chi connectivity index (χ1n) is 7.11. The van der Waals surface area contributed by atoms with E-state index in [0.717, 1.165) is 12.1 Å². The van der Waals surface area contributed by atoms with Crippen LogP contribution in [0.15, 0.2) is 24.3 Å². The molecule has 0 aliphatic heterocycles. The Morgan fingerprint density at radius 1 is 1.04 bits per heavy atom. The van der Waals surface area contributed by atoms with Gasteiger partial charge in [-0.3, -0.25) is 5.32 Å². The van der Waals surface area contributed by atoms with Crippen molar-refractivity contribution in [1.82, 2.24) is 0 Å². The van der Waals surface area contributed by atoms with Gasteiger partial charge in [0.15, 0.2) is 0 Å². The van der Waals surface area contributed by atoms with Crippen LogP contribution >= 0.6 is 0 Å². The van der Waals surface area contributed by atoms with E-state index in [1.165, 1.54) is 12.1 Å². The normalized spacial score (nSPS) is 15.4. The number of hydrogen-bond donors (Lipinski definition) is 1. The summed E-state index contributed by atoms with van der Waals surface area (Å²) in [7, 11) is -4.37. The molecule has 0 spiro atoms. The van der Waals surface area contributed by atoms with E-state index in [2.05, 4.69) is 9.50 Å². The lowest BCUT2D eigenvalue weighted by Gasteiger charge is -2.31. The Labute approximate surface area is 144 Å². The molecule has 10 heteroatoms. The van der Waals surface area contributed by atoms with Gasteiger partial charge in [-0.25, -0.2) is 8.98 Å². The monoisotopic (exact) mass is 383 g/mol. The molecule has 1 aromatic carbocycles. The molecular formula is C15H20F3NO5S. The number of hydrogen-bond acceptors (Lipinski definition) is 5. The van der Waals surface area contributed by atoms with Gasteiger partial charge in [0.25, 0.3) is 10.1 Å². The Morgan fingerprint density at radius 3 is 1.88 bits per heavy atom. The van der Waals surface area contributed by atoms with Gasteiger partial charge in [-0.05, 0) is 45.4 Å². The van der Waals surface area contributed by atoms with Crippen molar-refractivity contribution < 1.29 is 35.3 Å².